The van der Waals surface area contributed by atoms with Crippen molar-refractivity contribution >= 4 is 0 Å². The second-order valence-electron chi connectivity index (χ2n) is 5.01. The number of nitrogens with zero attached hydrogens (tertiary/aromatic N) is 2. The first-order chi connectivity index (χ1) is 10.8. The summed E-state index contributed by atoms with van der Waals surface area (Å²) < 4.78 is 11.1. The Bertz CT molecular complexity index is 705. The maximum absolute atomic E-state index is 5.61. The Kier molecular flexibility index (Phi) is 4.61. The van der Waals surface area contributed by atoms with Crippen molar-refractivity contribution in [3.63, 3.8) is 0 Å². The highest BCUT2D eigenvalue weighted by molar-refractivity contribution is 5.53. The second-order valence-corrected chi connectivity index (χ2v) is 5.01. The van der Waals surface area contributed by atoms with Crippen molar-refractivity contribution in [2.45, 2.75) is 26.6 Å². The normalized spacial score (nSPS) is 10.8. The van der Waals surface area contributed by atoms with E-state index in [1.54, 1.807) is 12.5 Å². The quantitative estimate of drug-likeness (QED) is 0.689. The van der Waals surface area contributed by atoms with Crippen LogP contribution < -0.4 is 0 Å². The minimum Gasteiger partial charge on any atom is -0.444 e. The molecular formula is C18H18N2O2. The predicted octanol–water partition coefficient (Wildman–Crippen LogP) is 4.02. The molecule has 0 amide bonds. The van der Waals surface area contributed by atoms with Crippen molar-refractivity contribution in [2.24, 2.45) is 0 Å². The summed E-state index contributed by atoms with van der Waals surface area (Å²) in [6.07, 6.45) is 4.42. The molecule has 0 saturated heterocycles. The van der Waals surface area contributed by atoms with Crippen LogP contribution in [-0.2, 0) is 24.4 Å². The van der Waals surface area contributed by atoms with E-state index in [2.05, 4.69) is 29.0 Å². The molecule has 0 bridgehead atoms. The van der Waals surface area contributed by atoms with E-state index in [9.17, 15) is 0 Å². The number of hydrogen-bond acceptors (Lipinski definition) is 4. The van der Waals surface area contributed by atoms with E-state index >= 15 is 0 Å². The highest BCUT2D eigenvalue weighted by Crippen LogP contribution is 2.19. The van der Waals surface area contributed by atoms with Crippen LogP contribution in [0.5, 0.6) is 0 Å². The SMILES string of the molecule is CCc1ccc(-c2nc(COCc3ccccn3)co2)cc1. The fraction of sp³-hybridized carbons (Fsp3) is 0.222. The average Bonchev–Trinajstić information content (AvgIpc) is 3.05. The maximum atomic E-state index is 5.61. The summed E-state index contributed by atoms with van der Waals surface area (Å²) in [4.78, 5) is 8.67. The third-order valence-corrected chi connectivity index (χ3v) is 3.39. The molecule has 22 heavy (non-hydrogen) atoms. The van der Waals surface area contributed by atoms with Crippen LogP contribution in [0.4, 0.5) is 0 Å². The van der Waals surface area contributed by atoms with Gasteiger partial charge < -0.3 is 9.15 Å². The first kappa shape index (κ1) is 14.5. The van der Waals surface area contributed by atoms with Gasteiger partial charge in [0.1, 0.15) is 12.0 Å². The number of pyridine rings is 1. The van der Waals surface area contributed by atoms with Crippen LogP contribution >= 0.6 is 0 Å². The number of hydrogen-bond donors (Lipinski definition) is 0. The zero-order valence-corrected chi connectivity index (χ0v) is 12.5. The van der Waals surface area contributed by atoms with Crippen molar-refractivity contribution < 1.29 is 9.15 Å². The number of ether oxygens (including phenoxy) is 1. The molecule has 0 aliphatic heterocycles. The summed E-state index contributed by atoms with van der Waals surface area (Å²) in [5.41, 5.74) is 3.97. The molecule has 0 spiro atoms. The number of benzene rings is 1. The molecule has 0 aliphatic rings. The zero-order valence-electron chi connectivity index (χ0n) is 12.5. The van der Waals surface area contributed by atoms with Gasteiger partial charge in [-0.25, -0.2) is 4.98 Å². The van der Waals surface area contributed by atoms with Gasteiger partial charge in [0, 0.05) is 11.8 Å². The molecule has 3 rings (SSSR count). The van der Waals surface area contributed by atoms with E-state index in [0.717, 1.165) is 23.4 Å². The molecule has 2 aromatic heterocycles. The molecule has 4 nitrogen and oxygen atoms in total. The molecule has 4 heteroatoms. The van der Waals surface area contributed by atoms with Gasteiger partial charge >= 0.3 is 0 Å². The lowest BCUT2D eigenvalue weighted by Gasteiger charge is -2.00. The summed E-state index contributed by atoms with van der Waals surface area (Å²) in [6.45, 7) is 3.01. The minimum absolute atomic E-state index is 0.410. The van der Waals surface area contributed by atoms with Crippen LogP contribution in [0.2, 0.25) is 0 Å². The lowest BCUT2D eigenvalue weighted by atomic mass is 10.1. The van der Waals surface area contributed by atoms with Crippen molar-refractivity contribution in [2.75, 3.05) is 0 Å². The van der Waals surface area contributed by atoms with Gasteiger partial charge in [0.2, 0.25) is 5.89 Å². The van der Waals surface area contributed by atoms with E-state index in [1.807, 2.05) is 30.3 Å². The highest BCUT2D eigenvalue weighted by atomic mass is 16.5. The zero-order chi connectivity index (χ0) is 15.2. The van der Waals surface area contributed by atoms with Crippen LogP contribution in [0.3, 0.4) is 0 Å². The molecule has 0 atom stereocenters. The lowest BCUT2D eigenvalue weighted by Crippen LogP contribution is -1.96. The largest absolute Gasteiger partial charge is 0.444 e. The fourth-order valence-electron chi connectivity index (χ4n) is 2.13. The Morgan fingerprint density at radius 2 is 1.82 bits per heavy atom. The Morgan fingerprint density at radius 1 is 1.00 bits per heavy atom. The monoisotopic (exact) mass is 294 g/mol. The topological polar surface area (TPSA) is 48.2 Å². The van der Waals surface area contributed by atoms with Crippen molar-refractivity contribution in [3.05, 3.63) is 71.9 Å². The van der Waals surface area contributed by atoms with E-state index in [-0.39, 0.29) is 0 Å². The van der Waals surface area contributed by atoms with Crippen LogP contribution in [0, 0.1) is 0 Å². The minimum atomic E-state index is 0.410. The molecule has 0 unspecified atom stereocenters. The van der Waals surface area contributed by atoms with E-state index in [4.69, 9.17) is 9.15 Å². The van der Waals surface area contributed by atoms with Crippen LogP contribution in [0.1, 0.15) is 23.9 Å². The molecule has 0 fully saturated rings. The molecule has 0 radical (unpaired) electrons. The Balaban J connectivity index is 1.58. The van der Waals surface area contributed by atoms with Crippen molar-refractivity contribution in [1.29, 1.82) is 0 Å². The Labute approximate surface area is 129 Å². The third-order valence-electron chi connectivity index (χ3n) is 3.39. The lowest BCUT2D eigenvalue weighted by molar-refractivity contribution is 0.102. The second kappa shape index (κ2) is 7.00. The molecule has 1 aromatic carbocycles. The van der Waals surface area contributed by atoms with Crippen LogP contribution in [0.25, 0.3) is 11.5 Å². The fourth-order valence-corrected chi connectivity index (χ4v) is 2.13. The van der Waals surface area contributed by atoms with Gasteiger partial charge in [0.25, 0.3) is 0 Å². The highest BCUT2D eigenvalue weighted by Gasteiger charge is 2.07. The molecule has 0 N–H and O–H groups in total. The third kappa shape index (κ3) is 3.59. The number of oxazole rings is 1. The van der Waals surface area contributed by atoms with E-state index in [1.165, 1.54) is 5.56 Å². The number of rotatable bonds is 6. The van der Waals surface area contributed by atoms with Gasteiger partial charge in [0.15, 0.2) is 0 Å². The van der Waals surface area contributed by atoms with Gasteiger partial charge in [-0.05, 0) is 36.2 Å². The number of aromatic nitrogens is 2. The Hall–Kier alpha value is -2.46. The first-order valence-electron chi connectivity index (χ1n) is 7.36. The number of aryl methyl sites for hydroxylation is 1. The predicted molar refractivity (Wildman–Crippen MR) is 84.0 cm³/mol. The Morgan fingerprint density at radius 3 is 2.55 bits per heavy atom. The molecular weight excluding hydrogens is 276 g/mol. The standard InChI is InChI=1S/C18H18N2O2/c1-2-14-6-8-15(9-7-14)18-20-17(13-22-18)12-21-11-16-5-3-4-10-19-16/h3-10,13H,2,11-12H2,1H3. The van der Waals surface area contributed by atoms with Gasteiger partial charge in [-0.2, -0.15) is 0 Å². The summed E-state index contributed by atoms with van der Waals surface area (Å²) in [5, 5.41) is 0. The first-order valence-corrected chi connectivity index (χ1v) is 7.36. The molecule has 0 saturated carbocycles. The maximum Gasteiger partial charge on any atom is 0.226 e. The van der Waals surface area contributed by atoms with Gasteiger partial charge in [-0.3, -0.25) is 4.98 Å². The average molecular weight is 294 g/mol. The smallest absolute Gasteiger partial charge is 0.226 e. The summed E-state index contributed by atoms with van der Waals surface area (Å²) in [6, 6.07) is 14.0. The summed E-state index contributed by atoms with van der Waals surface area (Å²) in [5.74, 6) is 0.624. The van der Waals surface area contributed by atoms with Crippen molar-refractivity contribution in [1.82, 2.24) is 9.97 Å². The molecule has 0 aliphatic carbocycles. The molecule has 2 heterocycles. The van der Waals surface area contributed by atoms with Crippen molar-refractivity contribution in [3.8, 4) is 11.5 Å². The molecule has 3 aromatic rings. The summed E-state index contributed by atoms with van der Waals surface area (Å²) >= 11 is 0. The van der Waals surface area contributed by atoms with Crippen LogP contribution in [-0.4, -0.2) is 9.97 Å². The van der Waals surface area contributed by atoms with E-state index < -0.39 is 0 Å². The van der Waals surface area contributed by atoms with Crippen LogP contribution in [0.15, 0.2) is 59.3 Å². The van der Waals surface area contributed by atoms with Gasteiger partial charge in [0.05, 0.1) is 18.9 Å². The van der Waals surface area contributed by atoms with E-state index in [0.29, 0.717) is 19.1 Å². The van der Waals surface area contributed by atoms with Gasteiger partial charge in [-0.1, -0.05) is 25.1 Å². The molecule has 112 valence electrons. The summed E-state index contributed by atoms with van der Waals surface area (Å²) in [7, 11) is 0. The van der Waals surface area contributed by atoms with Gasteiger partial charge in [-0.15, -0.1) is 0 Å².